The van der Waals surface area contributed by atoms with E-state index in [2.05, 4.69) is 15.2 Å². The number of alkyl carbamates (subject to hydrolysis) is 1. The number of esters is 1. The van der Waals surface area contributed by atoms with Gasteiger partial charge in [-0.3, -0.25) is 9.69 Å². The number of amides is 1. The van der Waals surface area contributed by atoms with Crippen LogP contribution in [0.5, 0.6) is 0 Å². The summed E-state index contributed by atoms with van der Waals surface area (Å²) in [7, 11) is 0. The van der Waals surface area contributed by atoms with Gasteiger partial charge in [-0.2, -0.15) is 0 Å². The van der Waals surface area contributed by atoms with Gasteiger partial charge in [-0.15, -0.1) is 0 Å². The Balaban J connectivity index is 1.90. The molecular formula is C21H33N3O5. The van der Waals surface area contributed by atoms with E-state index < -0.39 is 17.7 Å². The summed E-state index contributed by atoms with van der Waals surface area (Å²) in [6, 6.07) is 0.0427. The number of H-pyrrole nitrogens is 1. The minimum atomic E-state index is -0.522. The van der Waals surface area contributed by atoms with Gasteiger partial charge in [0.2, 0.25) is 0 Å². The third-order valence-corrected chi connectivity index (χ3v) is 4.87. The quantitative estimate of drug-likeness (QED) is 0.555. The Bertz CT molecular complexity index is 755. The van der Waals surface area contributed by atoms with Crippen LogP contribution in [0.3, 0.4) is 0 Å². The molecule has 2 heterocycles. The molecule has 8 heteroatoms. The molecule has 0 aliphatic carbocycles. The molecule has 0 bridgehead atoms. The first-order valence-corrected chi connectivity index (χ1v) is 10.1. The Kier molecular flexibility index (Phi) is 7.46. The zero-order valence-corrected chi connectivity index (χ0v) is 18.3. The molecule has 1 aliphatic heterocycles. The van der Waals surface area contributed by atoms with Gasteiger partial charge in [-0.05, 0) is 59.9 Å². The van der Waals surface area contributed by atoms with E-state index in [-0.39, 0.29) is 18.4 Å². The smallest absolute Gasteiger partial charge is 0.407 e. The first kappa shape index (κ1) is 22.9. The highest BCUT2D eigenvalue weighted by Gasteiger charge is 2.27. The molecule has 1 saturated heterocycles. The predicted octanol–water partition coefficient (Wildman–Crippen LogP) is 2.98. The monoisotopic (exact) mass is 407 g/mol. The number of rotatable bonds is 6. The van der Waals surface area contributed by atoms with Crippen LogP contribution in [-0.2, 0) is 9.47 Å². The summed E-state index contributed by atoms with van der Waals surface area (Å²) in [4.78, 5) is 41.9. The summed E-state index contributed by atoms with van der Waals surface area (Å²) in [6.07, 6.45) is 1.10. The molecule has 8 nitrogen and oxygen atoms in total. The number of carbonyl (C=O) groups is 3. The Morgan fingerprint density at radius 2 is 1.79 bits per heavy atom. The summed E-state index contributed by atoms with van der Waals surface area (Å²) >= 11 is 0. The van der Waals surface area contributed by atoms with Crippen LogP contribution in [0.15, 0.2) is 0 Å². The van der Waals surface area contributed by atoms with Crippen molar-refractivity contribution in [2.24, 2.45) is 0 Å². The second-order valence-electron chi connectivity index (χ2n) is 8.47. The number of carbonyl (C=O) groups excluding carboxylic acids is 3. The molecule has 0 aromatic carbocycles. The summed E-state index contributed by atoms with van der Waals surface area (Å²) in [5.74, 6) is -0.466. The fourth-order valence-electron chi connectivity index (χ4n) is 3.53. The van der Waals surface area contributed by atoms with E-state index in [9.17, 15) is 14.4 Å². The SMILES string of the molecule is CCOC(=O)c1c(C)[nH]c(C(=O)CN2CCC(NC(=O)OC(C)(C)C)CC2)c1C. The molecule has 0 saturated carbocycles. The van der Waals surface area contributed by atoms with Crippen LogP contribution < -0.4 is 5.32 Å². The van der Waals surface area contributed by atoms with Gasteiger partial charge < -0.3 is 19.8 Å². The minimum Gasteiger partial charge on any atom is -0.462 e. The van der Waals surface area contributed by atoms with Crippen molar-refractivity contribution in [1.29, 1.82) is 0 Å². The highest BCUT2D eigenvalue weighted by atomic mass is 16.6. The van der Waals surface area contributed by atoms with E-state index in [1.54, 1.807) is 20.8 Å². The molecule has 1 aliphatic rings. The molecule has 2 rings (SSSR count). The fourth-order valence-corrected chi connectivity index (χ4v) is 3.53. The van der Waals surface area contributed by atoms with Gasteiger partial charge in [0, 0.05) is 24.8 Å². The van der Waals surface area contributed by atoms with Crippen LogP contribution in [-0.4, -0.2) is 65.6 Å². The number of aryl methyl sites for hydroxylation is 1. The Labute approximate surface area is 172 Å². The summed E-state index contributed by atoms with van der Waals surface area (Å²) in [5.41, 5.74) is 1.65. The van der Waals surface area contributed by atoms with Crippen molar-refractivity contribution in [2.45, 2.75) is 66.0 Å². The van der Waals surface area contributed by atoms with Crippen molar-refractivity contribution in [3.63, 3.8) is 0 Å². The van der Waals surface area contributed by atoms with Crippen molar-refractivity contribution in [3.05, 3.63) is 22.5 Å². The summed E-state index contributed by atoms with van der Waals surface area (Å²) in [6.45, 7) is 12.7. The van der Waals surface area contributed by atoms with E-state index in [0.717, 1.165) is 12.8 Å². The number of hydrogen-bond acceptors (Lipinski definition) is 6. The second-order valence-corrected chi connectivity index (χ2v) is 8.47. The Morgan fingerprint density at radius 1 is 1.17 bits per heavy atom. The van der Waals surface area contributed by atoms with Gasteiger partial charge in [0.15, 0.2) is 5.78 Å². The normalized spacial score (nSPS) is 15.8. The Hall–Kier alpha value is -2.35. The van der Waals surface area contributed by atoms with Gasteiger partial charge >= 0.3 is 12.1 Å². The molecule has 1 aromatic heterocycles. The highest BCUT2D eigenvalue weighted by molar-refractivity contribution is 6.02. The molecule has 1 aromatic rings. The number of nitrogens with zero attached hydrogens (tertiary/aromatic N) is 1. The van der Waals surface area contributed by atoms with E-state index in [1.807, 2.05) is 20.8 Å². The number of aromatic amines is 1. The highest BCUT2D eigenvalue weighted by Crippen LogP contribution is 2.20. The zero-order valence-electron chi connectivity index (χ0n) is 18.3. The molecule has 1 fully saturated rings. The maximum Gasteiger partial charge on any atom is 0.407 e. The molecule has 0 spiro atoms. The first-order valence-electron chi connectivity index (χ1n) is 10.1. The van der Waals surface area contributed by atoms with Crippen LogP contribution in [0.25, 0.3) is 0 Å². The number of piperidine rings is 1. The lowest BCUT2D eigenvalue weighted by molar-refractivity contribution is 0.0473. The lowest BCUT2D eigenvalue weighted by Crippen LogP contribution is -2.47. The lowest BCUT2D eigenvalue weighted by Gasteiger charge is -2.32. The molecule has 2 N–H and O–H groups in total. The van der Waals surface area contributed by atoms with E-state index in [4.69, 9.17) is 9.47 Å². The van der Waals surface area contributed by atoms with Crippen LogP contribution in [0, 0.1) is 13.8 Å². The molecule has 0 atom stereocenters. The summed E-state index contributed by atoms with van der Waals surface area (Å²) in [5, 5.41) is 2.89. The number of ketones is 1. The first-order chi connectivity index (χ1) is 13.5. The molecule has 162 valence electrons. The van der Waals surface area contributed by atoms with Crippen molar-refractivity contribution in [3.8, 4) is 0 Å². The maximum absolute atomic E-state index is 12.8. The largest absolute Gasteiger partial charge is 0.462 e. The molecular weight excluding hydrogens is 374 g/mol. The average Bonchev–Trinajstić information content (AvgIpc) is 2.89. The minimum absolute atomic E-state index is 0.0427. The van der Waals surface area contributed by atoms with Gasteiger partial charge in [-0.25, -0.2) is 9.59 Å². The van der Waals surface area contributed by atoms with Crippen molar-refractivity contribution in [1.82, 2.24) is 15.2 Å². The number of likely N-dealkylation sites (tertiary alicyclic amines) is 1. The summed E-state index contributed by atoms with van der Waals surface area (Å²) < 4.78 is 10.4. The standard InChI is InChI=1S/C21H33N3O5/c1-7-28-19(26)17-13(2)18(22-14(17)3)16(25)12-24-10-8-15(9-11-24)23-20(27)29-21(4,5)6/h15,22H,7-12H2,1-6H3,(H,23,27). The van der Waals surface area contributed by atoms with Gasteiger partial charge in [-0.1, -0.05) is 0 Å². The van der Waals surface area contributed by atoms with Crippen molar-refractivity contribution < 1.29 is 23.9 Å². The van der Waals surface area contributed by atoms with Gasteiger partial charge in [0.05, 0.1) is 24.4 Å². The number of aromatic nitrogens is 1. The number of hydrogen-bond donors (Lipinski definition) is 2. The van der Waals surface area contributed by atoms with Gasteiger partial charge in [0.1, 0.15) is 5.60 Å². The third-order valence-electron chi connectivity index (χ3n) is 4.87. The number of ether oxygens (including phenoxy) is 2. The second kappa shape index (κ2) is 9.43. The maximum atomic E-state index is 12.8. The van der Waals surface area contributed by atoms with Crippen LogP contribution in [0.2, 0.25) is 0 Å². The number of Topliss-reactive ketones (excluding diaryl/α,β-unsaturated/α-hetero) is 1. The molecule has 0 unspecified atom stereocenters. The van der Waals surface area contributed by atoms with Crippen molar-refractivity contribution >= 4 is 17.8 Å². The third kappa shape index (κ3) is 6.32. The van der Waals surface area contributed by atoms with Gasteiger partial charge in [0.25, 0.3) is 0 Å². The van der Waals surface area contributed by atoms with Crippen molar-refractivity contribution in [2.75, 3.05) is 26.2 Å². The van der Waals surface area contributed by atoms with Crippen LogP contribution in [0.4, 0.5) is 4.79 Å². The zero-order chi connectivity index (χ0) is 21.8. The molecule has 29 heavy (non-hydrogen) atoms. The predicted molar refractivity (Wildman–Crippen MR) is 109 cm³/mol. The topological polar surface area (TPSA) is 101 Å². The molecule has 1 amide bonds. The van der Waals surface area contributed by atoms with E-state index in [0.29, 0.717) is 42.2 Å². The fraction of sp³-hybridized carbons (Fsp3) is 0.667. The molecule has 0 radical (unpaired) electrons. The van der Waals surface area contributed by atoms with E-state index >= 15 is 0 Å². The van der Waals surface area contributed by atoms with Crippen LogP contribution >= 0.6 is 0 Å². The Morgan fingerprint density at radius 3 is 2.34 bits per heavy atom. The lowest BCUT2D eigenvalue weighted by atomic mass is 10.0. The average molecular weight is 408 g/mol. The van der Waals surface area contributed by atoms with E-state index in [1.165, 1.54) is 0 Å². The number of nitrogens with one attached hydrogen (secondary N) is 2. The van der Waals surface area contributed by atoms with Crippen LogP contribution in [0.1, 0.15) is 72.6 Å².